The predicted octanol–water partition coefficient (Wildman–Crippen LogP) is 13.3. The molecular weight excluding hydrogens is 685 g/mol. The Balaban J connectivity index is 1.06. The molecule has 0 fully saturated rings. The summed E-state index contributed by atoms with van der Waals surface area (Å²) in [6.45, 7) is 0. The van der Waals surface area contributed by atoms with Gasteiger partial charge in [-0.2, -0.15) is 0 Å². The molecule has 0 aliphatic rings. The molecule has 0 aliphatic carbocycles. The summed E-state index contributed by atoms with van der Waals surface area (Å²) >= 11 is 0. The molecule has 0 radical (unpaired) electrons. The normalized spacial score (nSPS) is 11.9. The first-order valence-corrected chi connectivity index (χ1v) is 18.8. The van der Waals surface area contributed by atoms with Crippen molar-refractivity contribution in [1.29, 1.82) is 0 Å². The molecule has 0 saturated heterocycles. The van der Waals surface area contributed by atoms with Crippen molar-refractivity contribution >= 4 is 76.1 Å². The summed E-state index contributed by atoms with van der Waals surface area (Å²) in [5.41, 5.74) is 7.64. The van der Waals surface area contributed by atoms with E-state index in [1.54, 1.807) is 0 Å². The van der Waals surface area contributed by atoms with Crippen LogP contribution in [-0.4, -0.2) is 19.5 Å². The molecule has 12 rings (SSSR count). The van der Waals surface area contributed by atoms with E-state index in [-0.39, 0.29) is 0 Å². The van der Waals surface area contributed by atoms with E-state index in [9.17, 15) is 0 Å². The first-order valence-electron chi connectivity index (χ1n) is 18.8. The molecule has 0 bridgehead atoms. The predicted molar refractivity (Wildman–Crippen MR) is 230 cm³/mol. The molecule has 12 aromatic rings. The highest BCUT2D eigenvalue weighted by Crippen LogP contribution is 2.41. The van der Waals surface area contributed by atoms with Crippen LogP contribution >= 0.6 is 0 Å². The zero-order chi connectivity index (χ0) is 36.7. The molecule has 0 unspecified atom stereocenters. The summed E-state index contributed by atoms with van der Waals surface area (Å²) < 4.78 is 9.28. The molecule has 56 heavy (non-hydrogen) atoms. The molecule has 0 amide bonds. The minimum atomic E-state index is 0.586. The van der Waals surface area contributed by atoms with Crippen LogP contribution in [0.2, 0.25) is 0 Å². The molecule has 0 saturated carbocycles. The lowest BCUT2D eigenvalue weighted by molar-refractivity contribution is 0.666. The third-order valence-corrected chi connectivity index (χ3v) is 11.2. The maximum absolute atomic E-state index is 6.91. The monoisotopic (exact) mass is 714 g/mol. The van der Waals surface area contributed by atoms with Crippen molar-refractivity contribution in [3.8, 4) is 39.9 Å². The molecule has 5 nitrogen and oxygen atoms in total. The third-order valence-electron chi connectivity index (χ3n) is 11.2. The summed E-state index contributed by atoms with van der Waals surface area (Å²) in [6.07, 6.45) is 0. The zero-order valence-electron chi connectivity index (χ0n) is 30.0. The number of hydrogen-bond acceptors (Lipinski definition) is 4. The molecule has 3 aromatic heterocycles. The average Bonchev–Trinajstić information content (AvgIpc) is 3.82. The first-order chi connectivity index (χ1) is 27.7. The van der Waals surface area contributed by atoms with Gasteiger partial charge in [0.25, 0.3) is 0 Å². The summed E-state index contributed by atoms with van der Waals surface area (Å²) in [6, 6.07) is 63.9. The van der Waals surface area contributed by atoms with E-state index in [0.717, 1.165) is 60.6 Å². The molecule has 0 N–H and O–H groups in total. The molecule has 0 atom stereocenters. The van der Waals surface area contributed by atoms with E-state index in [0.29, 0.717) is 17.5 Å². The fourth-order valence-corrected chi connectivity index (χ4v) is 8.50. The lowest BCUT2D eigenvalue weighted by Gasteiger charge is -2.10. The van der Waals surface area contributed by atoms with Gasteiger partial charge in [0, 0.05) is 43.6 Å². The highest BCUT2D eigenvalue weighted by Gasteiger charge is 2.20. The van der Waals surface area contributed by atoms with Crippen LogP contribution in [0.5, 0.6) is 0 Å². The molecule has 0 spiro atoms. The quantitative estimate of drug-likeness (QED) is 0.182. The zero-order valence-corrected chi connectivity index (χ0v) is 30.0. The van der Waals surface area contributed by atoms with Crippen LogP contribution in [0, 0.1) is 0 Å². The number of rotatable bonds is 4. The van der Waals surface area contributed by atoms with Crippen molar-refractivity contribution in [2.45, 2.75) is 0 Å². The number of aromatic nitrogens is 4. The standard InChI is InChI=1S/C51H30N4O/c1-3-13-34-28-36(22-20-31(34)10-1)49-52-50(37-23-21-32-11-2-4-14-35(32)29-37)54-51(53-49)38-25-26-41-43-17-9-19-45(48(43)56-46(41)30-38)55-44-18-8-7-16-40(44)42-27-24-33-12-5-6-15-39(33)47(42)55/h1-30H. The minimum Gasteiger partial charge on any atom is -0.454 e. The van der Waals surface area contributed by atoms with E-state index in [4.69, 9.17) is 19.4 Å². The van der Waals surface area contributed by atoms with Crippen molar-refractivity contribution in [3.05, 3.63) is 182 Å². The van der Waals surface area contributed by atoms with Crippen molar-refractivity contribution in [3.63, 3.8) is 0 Å². The van der Waals surface area contributed by atoms with Crippen LogP contribution in [0.25, 0.3) is 116 Å². The van der Waals surface area contributed by atoms with Gasteiger partial charge in [-0.05, 0) is 63.3 Å². The van der Waals surface area contributed by atoms with Crippen molar-refractivity contribution in [2.75, 3.05) is 0 Å². The van der Waals surface area contributed by atoms with Crippen LogP contribution in [0.15, 0.2) is 186 Å². The number of furan rings is 1. The SMILES string of the molecule is c1ccc2cc(-c3nc(-c4ccc5ccccc5c4)nc(-c4ccc5c(c4)oc4c(-n6c7ccccc7c7ccc8ccccc8c76)cccc45)n3)ccc2c1. The Bertz CT molecular complexity index is 3460. The molecule has 9 aromatic carbocycles. The Hall–Kier alpha value is -7.63. The van der Waals surface area contributed by atoms with E-state index in [1.807, 2.05) is 0 Å². The van der Waals surface area contributed by atoms with Crippen LogP contribution in [0.3, 0.4) is 0 Å². The Labute approximate surface area is 320 Å². The number of benzene rings is 9. The van der Waals surface area contributed by atoms with E-state index in [1.165, 1.54) is 37.8 Å². The van der Waals surface area contributed by atoms with Crippen LogP contribution in [0.1, 0.15) is 0 Å². The highest BCUT2D eigenvalue weighted by molar-refractivity contribution is 6.19. The minimum absolute atomic E-state index is 0.586. The fourth-order valence-electron chi connectivity index (χ4n) is 8.50. The maximum Gasteiger partial charge on any atom is 0.164 e. The lowest BCUT2D eigenvalue weighted by Crippen LogP contribution is -2.00. The van der Waals surface area contributed by atoms with Crippen LogP contribution in [-0.2, 0) is 0 Å². The summed E-state index contributed by atoms with van der Waals surface area (Å²) in [7, 11) is 0. The number of nitrogens with zero attached hydrogens (tertiary/aromatic N) is 4. The van der Waals surface area contributed by atoms with Gasteiger partial charge < -0.3 is 8.98 Å². The Kier molecular flexibility index (Phi) is 6.56. The average molecular weight is 715 g/mol. The van der Waals surface area contributed by atoms with Gasteiger partial charge in [-0.15, -0.1) is 0 Å². The van der Waals surface area contributed by atoms with Crippen LogP contribution in [0.4, 0.5) is 0 Å². The maximum atomic E-state index is 6.91. The van der Waals surface area contributed by atoms with Gasteiger partial charge in [-0.25, -0.2) is 15.0 Å². The van der Waals surface area contributed by atoms with E-state index in [2.05, 4.69) is 187 Å². The van der Waals surface area contributed by atoms with Crippen molar-refractivity contribution < 1.29 is 4.42 Å². The van der Waals surface area contributed by atoms with Crippen molar-refractivity contribution in [1.82, 2.24) is 19.5 Å². The number of para-hydroxylation sites is 2. The third kappa shape index (κ3) is 4.71. The van der Waals surface area contributed by atoms with Crippen molar-refractivity contribution in [2.24, 2.45) is 0 Å². The summed E-state index contributed by atoms with van der Waals surface area (Å²) in [5.74, 6) is 1.83. The smallest absolute Gasteiger partial charge is 0.164 e. The summed E-state index contributed by atoms with van der Waals surface area (Å²) in [4.78, 5) is 15.3. The van der Waals surface area contributed by atoms with Gasteiger partial charge in [-0.1, -0.05) is 146 Å². The Morgan fingerprint density at radius 3 is 1.57 bits per heavy atom. The number of fused-ring (bicyclic) bond motifs is 10. The molecule has 260 valence electrons. The topological polar surface area (TPSA) is 56.7 Å². The van der Waals surface area contributed by atoms with Crippen LogP contribution < -0.4 is 0 Å². The summed E-state index contributed by atoms with van der Waals surface area (Å²) in [5, 5.41) is 11.5. The number of hydrogen-bond donors (Lipinski definition) is 0. The van der Waals surface area contributed by atoms with E-state index >= 15 is 0 Å². The molecule has 0 aliphatic heterocycles. The van der Waals surface area contributed by atoms with E-state index < -0.39 is 0 Å². The Morgan fingerprint density at radius 2 is 0.875 bits per heavy atom. The van der Waals surface area contributed by atoms with Gasteiger partial charge in [0.2, 0.25) is 0 Å². The highest BCUT2D eigenvalue weighted by atomic mass is 16.3. The van der Waals surface area contributed by atoms with Gasteiger partial charge in [0.15, 0.2) is 23.1 Å². The first kappa shape index (κ1) is 30.8. The molecular formula is C51H30N4O. The Morgan fingerprint density at radius 1 is 0.357 bits per heavy atom. The van der Waals surface area contributed by atoms with Gasteiger partial charge in [-0.3, -0.25) is 0 Å². The second kappa shape index (κ2) is 11.9. The second-order valence-electron chi connectivity index (χ2n) is 14.4. The lowest BCUT2D eigenvalue weighted by atomic mass is 10.1. The molecule has 3 heterocycles. The van der Waals surface area contributed by atoms with Gasteiger partial charge in [0.1, 0.15) is 5.58 Å². The fraction of sp³-hybridized carbons (Fsp3) is 0. The second-order valence-corrected chi connectivity index (χ2v) is 14.4. The largest absolute Gasteiger partial charge is 0.454 e. The van der Waals surface area contributed by atoms with Gasteiger partial charge >= 0.3 is 0 Å². The van der Waals surface area contributed by atoms with Gasteiger partial charge in [0.05, 0.1) is 16.7 Å². The molecule has 5 heteroatoms.